The zero-order valence-electron chi connectivity index (χ0n) is 9.80. The van der Waals surface area contributed by atoms with Crippen LogP contribution in [0.2, 0.25) is 0 Å². The lowest BCUT2D eigenvalue weighted by atomic mass is 10.1. The highest BCUT2D eigenvalue weighted by atomic mass is 16.3. The van der Waals surface area contributed by atoms with Gasteiger partial charge in [0.25, 0.3) is 0 Å². The summed E-state index contributed by atoms with van der Waals surface area (Å²) < 4.78 is 0. The largest absolute Gasteiger partial charge is 0.389 e. The van der Waals surface area contributed by atoms with Crippen molar-refractivity contribution in [2.24, 2.45) is 0 Å². The van der Waals surface area contributed by atoms with E-state index in [0.717, 1.165) is 0 Å². The molecule has 0 aliphatic heterocycles. The van der Waals surface area contributed by atoms with Crippen molar-refractivity contribution in [2.75, 3.05) is 18.0 Å². The molecule has 0 aliphatic rings. The molecule has 0 aliphatic carbocycles. The molecule has 16 heavy (non-hydrogen) atoms. The van der Waals surface area contributed by atoms with Gasteiger partial charge in [-0.1, -0.05) is 0 Å². The van der Waals surface area contributed by atoms with Crippen molar-refractivity contribution in [1.82, 2.24) is 9.97 Å². The number of likely N-dealkylation sites (N-methyl/N-ethyl adjacent to an activating group) is 1. The maximum atomic E-state index is 9.77. The third-order valence-electron chi connectivity index (χ3n) is 2.04. The number of nitriles is 1. The number of aliphatic hydroxyl groups is 1. The van der Waals surface area contributed by atoms with E-state index in [-0.39, 0.29) is 5.69 Å². The number of nitrogens with zero attached hydrogens (tertiary/aromatic N) is 4. The zero-order chi connectivity index (χ0) is 12.2. The quantitative estimate of drug-likeness (QED) is 0.817. The average Bonchev–Trinajstić information content (AvgIpc) is 2.24. The van der Waals surface area contributed by atoms with Crippen LogP contribution in [0.1, 0.15) is 26.5 Å². The molecule has 0 unspecified atom stereocenters. The summed E-state index contributed by atoms with van der Waals surface area (Å²) >= 11 is 0. The van der Waals surface area contributed by atoms with Gasteiger partial charge in [-0.25, -0.2) is 9.97 Å². The average molecular weight is 220 g/mol. The van der Waals surface area contributed by atoms with Crippen LogP contribution in [0.4, 0.5) is 5.82 Å². The lowest BCUT2D eigenvalue weighted by molar-refractivity contribution is 0.0874. The Bertz CT molecular complexity index is 392. The van der Waals surface area contributed by atoms with Gasteiger partial charge in [0.2, 0.25) is 0 Å². The fraction of sp³-hybridized carbons (Fsp3) is 0.545. The minimum Gasteiger partial charge on any atom is -0.389 e. The van der Waals surface area contributed by atoms with E-state index in [4.69, 9.17) is 5.26 Å². The smallest absolute Gasteiger partial charge is 0.183 e. The minimum absolute atomic E-state index is 0.286. The molecule has 5 heteroatoms. The van der Waals surface area contributed by atoms with Gasteiger partial charge in [-0.05, 0) is 20.8 Å². The molecule has 0 bridgehead atoms. The Morgan fingerprint density at radius 1 is 1.44 bits per heavy atom. The predicted octanol–water partition coefficient (Wildman–Crippen LogP) is 0.945. The molecule has 1 aromatic heterocycles. The van der Waals surface area contributed by atoms with Crippen molar-refractivity contribution in [3.8, 4) is 6.07 Å². The second-order valence-electron chi connectivity index (χ2n) is 4.17. The minimum atomic E-state index is -0.833. The van der Waals surface area contributed by atoms with Gasteiger partial charge >= 0.3 is 0 Å². The number of hydrogen-bond acceptors (Lipinski definition) is 5. The van der Waals surface area contributed by atoms with E-state index in [9.17, 15) is 5.11 Å². The lowest BCUT2D eigenvalue weighted by Crippen LogP contribution is -2.39. The van der Waals surface area contributed by atoms with Crippen molar-refractivity contribution in [3.05, 3.63) is 18.1 Å². The van der Waals surface area contributed by atoms with E-state index >= 15 is 0 Å². The van der Waals surface area contributed by atoms with Gasteiger partial charge < -0.3 is 10.0 Å². The number of hydrogen-bond donors (Lipinski definition) is 1. The molecule has 0 fully saturated rings. The lowest BCUT2D eigenvalue weighted by Gasteiger charge is -2.28. The van der Waals surface area contributed by atoms with E-state index in [1.807, 2.05) is 17.9 Å². The van der Waals surface area contributed by atoms with E-state index in [2.05, 4.69) is 9.97 Å². The topological polar surface area (TPSA) is 73.0 Å². The summed E-state index contributed by atoms with van der Waals surface area (Å²) in [6.45, 7) is 6.46. The SMILES string of the molecule is CCN(CC(C)(C)O)c1nccnc1C#N. The summed E-state index contributed by atoms with van der Waals surface area (Å²) in [5.74, 6) is 0.523. The zero-order valence-corrected chi connectivity index (χ0v) is 9.80. The van der Waals surface area contributed by atoms with Crippen LogP contribution in [0.3, 0.4) is 0 Å². The van der Waals surface area contributed by atoms with Crippen molar-refractivity contribution < 1.29 is 5.11 Å². The second kappa shape index (κ2) is 4.90. The highest BCUT2D eigenvalue weighted by Crippen LogP contribution is 2.16. The summed E-state index contributed by atoms with van der Waals surface area (Å²) in [5.41, 5.74) is -0.547. The van der Waals surface area contributed by atoms with E-state index < -0.39 is 5.60 Å². The van der Waals surface area contributed by atoms with Gasteiger partial charge in [0.1, 0.15) is 6.07 Å². The first-order valence-corrected chi connectivity index (χ1v) is 5.16. The van der Waals surface area contributed by atoms with Crippen molar-refractivity contribution in [3.63, 3.8) is 0 Å². The first-order valence-electron chi connectivity index (χ1n) is 5.16. The molecular weight excluding hydrogens is 204 g/mol. The standard InChI is InChI=1S/C11H16N4O/c1-4-15(8-11(2,3)16)10-9(7-12)13-5-6-14-10/h5-6,16H,4,8H2,1-3H3. The Balaban J connectivity index is 3.00. The molecule has 5 nitrogen and oxygen atoms in total. The molecule has 0 saturated carbocycles. The second-order valence-corrected chi connectivity index (χ2v) is 4.17. The Morgan fingerprint density at radius 3 is 2.56 bits per heavy atom. The molecule has 0 radical (unpaired) electrons. The van der Waals surface area contributed by atoms with Crippen LogP contribution in [0.25, 0.3) is 0 Å². The van der Waals surface area contributed by atoms with E-state index in [1.165, 1.54) is 6.20 Å². The fourth-order valence-corrected chi connectivity index (χ4v) is 1.44. The monoisotopic (exact) mass is 220 g/mol. The Labute approximate surface area is 95.4 Å². The van der Waals surface area contributed by atoms with Crippen molar-refractivity contribution in [1.29, 1.82) is 5.26 Å². The maximum Gasteiger partial charge on any atom is 0.183 e. The van der Waals surface area contributed by atoms with E-state index in [0.29, 0.717) is 18.9 Å². The molecule has 1 rings (SSSR count). The van der Waals surface area contributed by atoms with Crippen LogP contribution >= 0.6 is 0 Å². The third-order valence-corrected chi connectivity index (χ3v) is 2.04. The third kappa shape index (κ3) is 3.17. The van der Waals surface area contributed by atoms with Gasteiger partial charge in [-0.15, -0.1) is 0 Å². The molecule has 0 saturated heterocycles. The van der Waals surface area contributed by atoms with Crippen LogP contribution in [-0.2, 0) is 0 Å². The van der Waals surface area contributed by atoms with Crippen LogP contribution in [0.5, 0.6) is 0 Å². The van der Waals surface area contributed by atoms with Crippen molar-refractivity contribution >= 4 is 5.82 Å². The molecule has 0 amide bonds. The molecule has 1 aromatic rings. The molecule has 1 N–H and O–H groups in total. The highest BCUT2D eigenvalue weighted by molar-refractivity contribution is 5.49. The first-order chi connectivity index (χ1) is 7.48. The first kappa shape index (κ1) is 12.4. The Kier molecular flexibility index (Phi) is 3.80. The fourth-order valence-electron chi connectivity index (χ4n) is 1.44. The van der Waals surface area contributed by atoms with Gasteiger partial charge in [0, 0.05) is 25.5 Å². The number of rotatable bonds is 4. The van der Waals surface area contributed by atoms with Crippen molar-refractivity contribution in [2.45, 2.75) is 26.4 Å². The van der Waals surface area contributed by atoms with Gasteiger partial charge in [-0.2, -0.15) is 5.26 Å². The molecular formula is C11H16N4O. The van der Waals surface area contributed by atoms with Crippen LogP contribution in [0, 0.1) is 11.3 Å². The van der Waals surface area contributed by atoms with Crippen LogP contribution < -0.4 is 4.90 Å². The van der Waals surface area contributed by atoms with Gasteiger partial charge in [-0.3, -0.25) is 0 Å². The summed E-state index contributed by atoms with van der Waals surface area (Å²) in [6, 6.07) is 2.00. The Morgan fingerprint density at radius 2 is 2.06 bits per heavy atom. The summed E-state index contributed by atoms with van der Waals surface area (Å²) in [4.78, 5) is 9.92. The summed E-state index contributed by atoms with van der Waals surface area (Å²) in [7, 11) is 0. The Hall–Kier alpha value is -1.67. The van der Waals surface area contributed by atoms with E-state index in [1.54, 1.807) is 20.0 Å². The highest BCUT2D eigenvalue weighted by Gasteiger charge is 2.20. The molecule has 0 atom stereocenters. The number of anilines is 1. The molecule has 86 valence electrons. The number of aromatic nitrogens is 2. The summed E-state index contributed by atoms with van der Waals surface area (Å²) in [5, 5.41) is 18.7. The normalized spacial score (nSPS) is 10.9. The van der Waals surface area contributed by atoms with Crippen LogP contribution in [-0.4, -0.2) is 33.8 Å². The molecule has 0 aromatic carbocycles. The predicted molar refractivity (Wildman–Crippen MR) is 60.9 cm³/mol. The van der Waals surface area contributed by atoms with Gasteiger partial charge in [0.15, 0.2) is 11.5 Å². The molecule has 0 spiro atoms. The van der Waals surface area contributed by atoms with Crippen LogP contribution in [0.15, 0.2) is 12.4 Å². The molecule has 1 heterocycles. The van der Waals surface area contributed by atoms with Gasteiger partial charge in [0.05, 0.1) is 5.60 Å². The maximum absolute atomic E-state index is 9.77. The summed E-state index contributed by atoms with van der Waals surface area (Å²) in [6.07, 6.45) is 3.03.